The predicted molar refractivity (Wildman–Crippen MR) is 203 cm³/mol. The van der Waals surface area contributed by atoms with Gasteiger partial charge in [-0.1, -0.05) is 111 Å². The van der Waals surface area contributed by atoms with Crippen molar-refractivity contribution in [3.63, 3.8) is 0 Å². The SMILES string of the molecule is Cc1ccc(C#Cc2ccc(CCC3CCC(C)CC3)cc2)cc1.Cc1ccc(C#Cc2ccc(OC(=O)C3CCC(C)CC3)cc2)cc1. The molecule has 49 heavy (non-hydrogen) atoms. The molecule has 0 saturated heterocycles. The van der Waals surface area contributed by atoms with Crippen molar-refractivity contribution in [1.82, 2.24) is 0 Å². The second-order valence-electron chi connectivity index (χ2n) is 14.5. The molecule has 6 rings (SSSR count). The molecule has 2 aliphatic carbocycles. The van der Waals surface area contributed by atoms with Gasteiger partial charge in [0.15, 0.2) is 0 Å². The van der Waals surface area contributed by atoms with Gasteiger partial charge in [-0.15, -0.1) is 0 Å². The van der Waals surface area contributed by atoms with E-state index in [4.69, 9.17) is 4.74 Å². The van der Waals surface area contributed by atoms with Gasteiger partial charge in [-0.2, -0.15) is 0 Å². The number of hydrogen-bond donors (Lipinski definition) is 0. The van der Waals surface area contributed by atoms with Gasteiger partial charge in [0.25, 0.3) is 0 Å². The van der Waals surface area contributed by atoms with Gasteiger partial charge < -0.3 is 4.74 Å². The maximum atomic E-state index is 12.2. The predicted octanol–water partition coefficient (Wildman–Crippen LogP) is 11.3. The molecular formula is C47H52O2. The fraction of sp³-hybridized carbons (Fsp3) is 0.383. The molecule has 0 bridgehead atoms. The van der Waals surface area contributed by atoms with Gasteiger partial charge in [-0.3, -0.25) is 4.79 Å². The zero-order valence-corrected chi connectivity index (χ0v) is 29.9. The van der Waals surface area contributed by atoms with E-state index >= 15 is 0 Å². The van der Waals surface area contributed by atoms with E-state index in [-0.39, 0.29) is 11.9 Å². The second kappa shape index (κ2) is 18.3. The number of rotatable bonds is 5. The molecule has 2 heteroatoms. The standard InChI is InChI=1S/C24H28.C23H24O2/c1-19-3-7-21(8-4-19)11-13-23-15-17-24(18-16-23)14-12-22-9-5-20(2)6-10-22;1-17-3-7-19(8-4-17)9-10-20-11-15-22(16-12-20)25-23(24)21-13-5-18(2)6-14-21/h3-4,7-8,15-18,20,22H,5-6,9-10,12,14H2,1-2H3;3-4,7-8,11-12,15-16,18,21H,5-6,13-14H2,1-2H3. The molecule has 4 aromatic rings. The molecule has 0 amide bonds. The average molecular weight is 649 g/mol. The lowest BCUT2D eigenvalue weighted by molar-refractivity contribution is -0.140. The number of carbonyl (C=O) groups excluding carboxylic acids is 1. The first-order valence-electron chi connectivity index (χ1n) is 18.4. The van der Waals surface area contributed by atoms with Crippen LogP contribution >= 0.6 is 0 Å². The molecule has 0 aliphatic heterocycles. The van der Waals surface area contributed by atoms with E-state index in [0.29, 0.717) is 5.75 Å². The van der Waals surface area contributed by atoms with Gasteiger partial charge in [0.05, 0.1) is 5.92 Å². The fourth-order valence-corrected chi connectivity index (χ4v) is 6.61. The summed E-state index contributed by atoms with van der Waals surface area (Å²) in [4.78, 5) is 12.2. The Morgan fingerprint density at radius 3 is 1.39 bits per heavy atom. The zero-order chi connectivity index (χ0) is 34.4. The molecule has 2 fully saturated rings. The highest BCUT2D eigenvalue weighted by Gasteiger charge is 2.26. The van der Waals surface area contributed by atoms with E-state index in [1.54, 1.807) is 0 Å². The number of aryl methyl sites for hydroxylation is 3. The van der Waals surface area contributed by atoms with E-state index in [9.17, 15) is 4.79 Å². The third kappa shape index (κ3) is 12.1. The number of esters is 1. The van der Waals surface area contributed by atoms with E-state index < -0.39 is 0 Å². The Hall–Kier alpha value is -4.53. The second-order valence-corrected chi connectivity index (χ2v) is 14.5. The number of carbonyl (C=O) groups is 1. The number of ether oxygens (including phenoxy) is 1. The largest absolute Gasteiger partial charge is 0.426 e. The van der Waals surface area contributed by atoms with Crippen LogP contribution in [0.15, 0.2) is 97.1 Å². The summed E-state index contributed by atoms with van der Waals surface area (Å²) in [5.41, 5.74) is 8.04. The molecule has 0 unspecified atom stereocenters. The molecule has 0 heterocycles. The topological polar surface area (TPSA) is 26.3 Å². The van der Waals surface area contributed by atoms with Crippen LogP contribution in [0.3, 0.4) is 0 Å². The first kappa shape index (κ1) is 35.8. The van der Waals surface area contributed by atoms with Crippen molar-refractivity contribution < 1.29 is 9.53 Å². The highest BCUT2D eigenvalue weighted by molar-refractivity contribution is 5.75. The summed E-state index contributed by atoms with van der Waals surface area (Å²) in [5.74, 6) is 16.0. The fourth-order valence-electron chi connectivity index (χ4n) is 6.61. The van der Waals surface area contributed by atoms with E-state index in [2.05, 4.69) is 112 Å². The highest BCUT2D eigenvalue weighted by Crippen LogP contribution is 2.31. The Morgan fingerprint density at radius 1 is 0.551 bits per heavy atom. The summed E-state index contributed by atoms with van der Waals surface area (Å²) >= 11 is 0. The lowest BCUT2D eigenvalue weighted by Gasteiger charge is -2.26. The molecule has 2 nitrogen and oxygen atoms in total. The summed E-state index contributed by atoms with van der Waals surface area (Å²) in [6.07, 6.45) is 12.4. The maximum absolute atomic E-state index is 12.2. The van der Waals surface area contributed by atoms with Crippen LogP contribution in [0.4, 0.5) is 0 Å². The van der Waals surface area contributed by atoms with Crippen LogP contribution in [0.25, 0.3) is 0 Å². The Bertz CT molecular complexity index is 1720. The third-order valence-electron chi connectivity index (χ3n) is 10.2. The van der Waals surface area contributed by atoms with Crippen LogP contribution in [-0.2, 0) is 11.2 Å². The minimum atomic E-state index is -0.0922. The Balaban J connectivity index is 0.000000191. The summed E-state index contributed by atoms with van der Waals surface area (Å²) in [6, 6.07) is 32.8. The van der Waals surface area contributed by atoms with Gasteiger partial charge in [0.2, 0.25) is 0 Å². The maximum Gasteiger partial charge on any atom is 0.314 e. The van der Waals surface area contributed by atoms with Crippen LogP contribution in [0, 0.1) is 61.2 Å². The summed E-state index contributed by atoms with van der Waals surface area (Å²) in [6.45, 7) is 8.81. The van der Waals surface area contributed by atoms with Crippen LogP contribution in [0.1, 0.15) is 111 Å². The Kier molecular flexibility index (Phi) is 13.4. The summed E-state index contributed by atoms with van der Waals surface area (Å²) in [5, 5.41) is 0. The monoisotopic (exact) mass is 648 g/mol. The Morgan fingerprint density at radius 2 is 0.939 bits per heavy atom. The zero-order valence-electron chi connectivity index (χ0n) is 29.9. The van der Waals surface area contributed by atoms with Crippen molar-refractivity contribution in [2.45, 2.75) is 91.9 Å². The molecule has 0 atom stereocenters. The van der Waals surface area contributed by atoms with Gasteiger partial charge in [-0.05, 0) is 136 Å². The van der Waals surface area contributed by atoms with E-state index in [1.165, 1.54) is 55.2 Å². The molecule has 0 N–H and O–H groups in total. The van der Waals surface area contributed by atoms with Crippen molar-refractivity contribution in [1.29, 1.82) is 0 Å². The van der Waals surface area contributed by atoms with Gasteiger partial charge in [-0.25, -0.2) is 0 Å². The summed E-state index contributed by atoms with van der Waals surface area (Å²) in [7, 11) is 0. The quantitative estimate of drug-likeness (QED) is 0.122. The summed E-state index contributed by atoms with van der Waals surface area (Å²) < 4.78 is 5.53. The van der Waals surface area contributed by atoms with Crippen molar-refractivity contribution in [3.05, 3.63) is 136 Å². The molecule has 0 aromatic heterocycles. The minimum Gasteiger partial charge on any atom is -0.426 e. The lowest BCUT2D eigenvalue weighted by Crippen LogP contribution is -2.24. The lowest BCUT2D eigenvalue weighted by atomic mass is 9.80. The molecule has 2 aliphatic rings. The molecular weight excluding hydrogens is 597 g/mol. The van der Waals surface area contributed by atoms with Crippen LogP contribution in [0.2, 0.25) is 0 Å². The van der Waals surface area contributed by atoms with Crippen molar-refractivity contribution in [3.8, 4) is 29.4 Å². The normalized spacial score (nSPS) is 19.9. The highest BCUT2D eigenvalue weighted by atomic mass is 16.5. The van der Waals surface area contributed by atoms with E-state index in [0.717, 1.165) is 65.7 Å². The third-order valence-corrected chi connectivity index (χ3v) is 10.2. The van der Waals surface area contributed by atoms with Crippen molar-refractivity contribution >= 4 is 5.97 Å². The first-order chi connectivity index (χ1) is 23.8. The first-order valence-corrected chi connectivity index (χ1v) is 18.4. The smallest absolute Gasteiger partial charge is 0.314 e. The van der Waals surface area contributed by atoms with Crippen LogP contribution < -0.4 is 4.74 Å². The van der Waals surface area contributed by atoms with Gasteiger partial charge >= 0.3 is 5.97 Å². The van der Waals surface area contributed by atoms with Gasteiger partial charge in [0, 0.05) is 22.3 Å². The number of benzene rings is 4. The average Bonchev–Trinajstić information content (AvgIpc) is 3.12. The number of hydrogen-bond acceptors (Lipinski definition) is 2. The molecule has 2 saturated carbocycles. The van der Waals surface area contributed by atoms with Crippen molar-refractivity contribution in [2.75, 3.05) is 0 Å². The molecule has 4 aromatic carbocycles. The Labute approximate surface area is 295 Å². The molecule has 0 spiro atoms. The van der Waals surface area contributed by atoms with Gasteiger partial charge in [0.1, 0.15) is 5.75 Å². The minimum absolute atomic E-state index is 0.0530. The molecule has 0 radical (unpaired) electrons. The van der Waals surface area contributed by atoms with Crippen molar-refractivity contribution in [2.24, 2.45) is 23.7 Å². The van der Waals surface area contributed by atoms with E-state index in [1.807, 2.05) is 36.4 Å². The van der Waals surface area contributed by atoms with Crippen LogP contribution in [0.5, 0.6) is 5.75 Å². The van der Waals surface area contributed by atoms with Crippen LogP contribution in [-0.4, -0.2) is 5.97 Å². The molecule has 252 valence electrons.